The first-order chi connectivity index (χ1) is 7.97. The van der Waals surface area contributed by atoms with E-state index in [0.29, 0.717) is 23.7 Å². The van der Waals surface area contributed by atoms with E-state index in [4.69, 9.17) is 0 Å². The fraction of sp³-hybridized carbons (Fsp3) is 0.462. The number of benzene rings is 1. The average molecular weight is 236 g/mol. The molecule has 1 saturated carbocycles. The summed E-state index contributed by atoms with van der Waals surface area (Å²) < 4.78 is 12.6. The molecule has 1 aliphatic carbocycles. The number of hydrogen-bond donors (Lipinski definition) is 2. The van der Waals surface area contributed by atoms with E-state index < -0.39 is 0 Å². The summed E-state index contributed by atoms with van der Waals surface area (Å²) in [5.41, 5.74) is 0.934. The van der Waals surface area contributed by atoms with Crippen LogP contribution in [0.5, 0.6) is 0 Å². The number of amides is 1. The van der Waals surface area contributed by atoms with Crippen molar-refractivity contribution in [1.29, 1.82) is 0 Å². The maximum absolute atomic E-state index is 12.6. The number of hydrogen-bond acceptors (Lipinski definition) is 2. The molecular weight excluding hydrogens is 219 g/mol. The summed E-state index contributed by atoms with van der Waals surface area (Å²) in [5, 5.41) is 5.90. The molecule has 1 atom stereocenters. The zero-order valence-corrected chi connectivity index (χ0v) is 10.1. The van der Waals surface area contributed by atoms with Crippen LogP contribution in [0.4, 0.5) is 10.1 Å². The fourth-order valence-electron chi connectivity index (χ4n) is 1.77. The number of carbonyl (C=O) groups is 1. The highest BCUT2D eigenvalue weighted by Crippen LogP contribution is 2.44. The van der Waals surface area contributed by atoms with Crippen LogP contribution in [0.25, 0.3) is 0 Å². The second-order valence-electron chi connectivity index (χ2n) is 5.18. The summed E-state index contributed by atoms with van der Waals surface area (Å²) in [6.07, 6.45) is 1.11. The van der Waals surface area contributed by atoms with Gasteiger partial charge in [-0.15, -0.1) is 0 Å². The molecule has 1 aromatic carbocycles. The maximum atomic E-state index is 12.6. The summed E-state index contributed by atoms with van der Waals surface area (Å²) >= 11 is 0. The molecule has 1 unspecified atom stereocenters. The van der Waals surface area contributed by atoms with Crippen LogP contribution in [0.3, 0.4) is 0 Å². The Morgan fingerprint density at radius 2 is 2.00 bits per heavy atom. The zero-order chi connectivity index (χ0) is 12.5. The van der Waals surface area contributed by atoms with E-state index in [0.717, 1.165) is 6.42 Å². The van der Waals surface area contributed by atoms with E-state index in [1.54, 1.807) is 12.1 Å². The van der Waals surface area contributed by atoms with Crippen LogP contribution in [0.1, 0.15) is 20.3 Å². The number of anilines is 1. The second kappa shape index (κ2) is 4.45. The topological polar surface area (TPSA) is 41.1 Å². The van der Waals surface area contributed by atoms with Gasteiger partial charge in [0.2, 0.25) is 5.91 Å². The van der Waals surface area contributed by atoms with Gasteiger partial charge in [0.1, 0.15) is 5.82 Å². The molecular formula is C13H17FN2O. The second-order valence-corrected chi connectivity index (χ2v) is 5.18. The molecule has 1 aliphatic rings. The molecule has 1 aromatic rings. The van der Waals surface area contributed by atoms with Gasteiger partial charge >= 0.3 is 0 Å². The highest BCUT2D eigenvalue weighted by atomic mass is 19.1. The fourth-order valence-corrected chi connectivity index (χ4v) is 1.77. The van der Waals surface area contributed by atoms with Crippen LogP contribution in [-0.4, -0.2) is 18.5 Å². The summed E-state index contributed by atoms with van der Waals surface area (Å²) in [5.74, 6) is -0.403. The molecule has 0 saturated heterocycles. The number of rotatable bonds is 4. The molecule has 92 valence electrons. The lowest BCUT2D eigenvalue weighted by atomic mass is 10.2. The third-order valence-corrected chi connectivity index (χ3v) is 3.15. The van der Waals surface area contributed by atoms with Gasteiger partial charge in [-0.25, -0.2) is 4.39 Å². The maximum Gasteiger partial charge on any atom is 0.238 e. The number of carbonyl (C=O) groups excluding carboxylic acids is 1. The lowest BCUT2D eigenvalue weighted by Gasteiger charge is -2.07. The van der Waals surface area contributed by atoms with Crippen LogP contribution < -0.4 is 10.6 Å². The lowest BCUT2D eigenvalue weighted by Crippen LogP contribution is -2.31. The SMILES string of the molecule is CC1(C)CC1NCC(=O)Nc1ccc(F)cc1. The van der Waals surface area contributed by atoms with Gasteiger partial charge in [-0.1, -0.05) is 13.8 Å². The minimum atomic E-state index is -0.305. The Hall–Kier alpha value is -1.42. The van der Waals surface area contributed by atoms with Gasteiger partial charge in [-0.05, 0) is 36.1 Å². The molecule has 3 nitrogen and oxygen atoms in total. The van der Waals surface area contributed by atoms with Crippen LogP contribution in [0, 0.1) is 11.2 Å². The predicted molar refractivity (Wildman–Crippen MR) is 65.2 cm³/mol. The van der Waals surface area contributed by atoms with Crippen molar-refractivity contribution in [3.63, 3.8) is 0 Å². The molecule has 0 aromatic heterocycles. The van der Waals surface area contributed by atoms with Crippen molar-refractivity contribution < 1.29 is 9.18 Å². The van der Waals surface area contributed by atoms with Crippen molar-refractivity contribution in [3.05, 3.63) is 30.1 Å². The first-order valence-electron chi connectivity index (χ1n) is 5.76. The molecule has 0 aliphatic heterocycles. The van der Waals surface area contributed by atoms with E-state index >= 15 is 0 Å². The van der Waals surface area contributed by atoms with Gasteiger partial charge in [0.15, 0.2) is 0 Å². The summed E-state index contributed by atoms with van der Waals surface area (Å²) in [6.45, 7) is 4.64. The van der Waals surface area contributed by atoms with E-state index in [1.165, 1.54) is 12.1 Å². The van der Waals surface area contributed by atoms with Gasteiger partial charge < -0.3 is 10.6 Å². The highest BCUT2D eigenvalue weighted by molar-refractivity contribution is 5.92. The van der Waals surface area contributed by atoms with Crippen molar-refractivity contribution >= 4 is 11.6 Å². The molecule has 1 amide bonds. The Bertz CT molecular complexity index is 414. The van der Waals surface area contributed by atoms with E-state index in [9.17, 15) is 9.18 Å². The normalized spacial score (nSPS) is 21.0. The molecule has 2 N–H and O–H groups in total. The number of halogens is 1. The Morgan fingerprint density at radius 3 is 2.53 bits per heavy atom. The number of nitrogens with one attached hydrogen (secondary N) is 2. The lowest BCUT2D eigenvalue weighted by molar-refractivity contribution is -0.115. The van der Waals surface area contributed by atoms with Crippen molar-refractivity contribution in [2.24, 2.45) is 5.41 Å². The first kappa shape index (κ1) is 12.0. The molecule has 0 spiro atoms. The van der Waals surface area contributed by atoms with Crippen molar-refractivity contribution in [1.82, 2.24) is 5.32 Å². The first-order valence-corrected chi connectivity index (χ1v) is 5.76. The Labute approximate surface area is 100 Å². The van der Waals surface area contributed by atoms with Gasteiger partial charge in [0.05, 0.1) is 6.54 Å². The van der Waals surface area contributed by atoms with E-state index in [2.05, 4.69) is 24.5 Å². The molecule has 4 heteroatoms. The third-order valence-electron chi connectivity index (χ3n) is 3.15. The van der Waals surface area contributed by atoms with E-state index in [-0.39, 0.29) is 11.7 Å². The minimum Gasteiger partial charge on any atom is -0.325 e. The summed E-state index contributed by atoms with van der Waals surface area (Å²) in [4.78, 5) is 11.6. The van der Waals surface area contributed by atoms with Crippen LogP contribution in [-0.2, 0) is 4.79 Å². The van der Waals surface area contributed by atoms with Crippen molar-refractivity contribution in [3.8, 4) is 0 Å². The van der Waals surface area contributed by atoms with Gasteiger partial charge in [0.25, 0.3) is 0 Å². The van der Waals surface area contributed by atoms with Gasteiger partial charge in [-0.3, -0.25) is 4.79 Å². The molecule has 0 radical (unpaired) electrons. The molecule has 0 heterocycles. The van der Waals surface area contributed by atoms with E-state index in [1.807, 2.05) is 0 Å². The quantitative estimate of drug-likeness (QED) is 0.841. The summed E-state index contributed by atoms with van der Waals surface area (Å²) in [6, 6.07) is 6.18. The Kier molecular flexibility index (Phi) is 3.15. The highest BCUT2D eigenvalue weighted by Gasteiger charge is 2.45. The minimum absolute atomic E-state index is 0.0979. The third kappa shape index (κ3) is 3.27. The standard InChI is InChI=1S/C13H17FN2O/c1-13(2)7-11(13)15-8-12(17)16-10-5-3-9(14)4-6-10/h3-6,11,15H,7-8H2,1-2H3,(H,16,17). The smallest absolute Gasteiger partial charge is 0.238 e. The van der Waals surface area contributed by atoms with Crippen LogP contribution in [0.15, 0.2) is 24.3 Å². The van der Waals surface area contributed by atoms with Gasteiger partial charge in [-0.2, -0.15) is 0 Å². The molecule has 17 heavy (non-hydrogen) atoms. The molecule has 0 bridgehead atoms. The zero-order valence-electron chi connectivity index (χ0n) is 10.1. The largest absolute Gasteiger partial charge is 0.325 e. The average Bonchev–Trinajstić information content (AvgIpc) is 2.87. The molecule has 2 rings (SSSR count). The monoisotopic (exact) mass is 236 g/mol. The summed E-state index contributed by atoms with van der Waals surface area (Å²) in [7, 11) is 0. The van der Waals surface area contributed by atoms with Crippen LogP contribution in [0.2, 0.25) is 0 Å². The van der Waals surface area contributed by atoms with Crippen molar-refractivity contribution in [2.75, 3.05) is 11.9 Å². The Balaban J connectivity index is 1.76. The predicted octanol–water partition coefficient (Wildman–Crippen LogP) is 2.15. The van der Waals surface area contributed by atoms with Crippen molar-refractivity contribution in [2.45, 2.75) is 26.3 Å². The molecule has 1 fully saturated rings. The Morgan fingerprint density at radius 1 is 1.41 bits per heavy atom. The van der Waals surface area contributed by atoms with Gasteiger partial charge in [0, 0.05) is 11.7 Å². The van der Waals surface area contributed by atoms with Crippen LogP contribution >= 0.6 is 0 Å².